The van der Waals surface area contributed by atoms with Crippen molar-refractivity contribution in [3.05, 3.63) is 76.6 Å². The molecular weight excluding hydrogens is 547 g/mol. The van der Waals surface area contributed by atoms with Crippen molar-refractivity contribution < 1.29 is 55.4 Å². The minimum atomic E-state index is -1.75. The van der Waals surface area contributed by atoms with Crippen LogP contribution in [-0.2, 0) is 0 Å². The van der Waals surface area contributed by atoms with E-state index >= 15 is 0 Å². The molecule has 0 heterocycles. The van der Waals surface area contributed by atoms with Gasteiger partial charge in [0.05, 0.1) is 25.4 Å². The Bertz CT molecular complexity index is 207. The van der Waals surface area contributed by atoms with Crippen LogP contribution in [0.2, 0.25) is 0 Å². The first kappa shape index (κ1) is 36.1. The van der Waals surface area contributed by atoms with Crippen molar-refractivity contribution in [1.82, 2.24) is 0 Å². The van der Waals surface area contributed by atoms with Crippen molar-refractivity contribution in [3.63, 3.8) is 0 Å². The summed E-state index contributed by atoms with van der Waals surface area (Å²) >= 11 is 0. The molecule has 0 bridgehead atoms. The quantitative estimate of drug-likeness (QED) is 0.254. The smallest absolute Gasteiger partial charge is 0.356 e. The molecule has 20 nitrogen and oxygen atoms in total. The Hall–Kier alpha value is -2.99. The van der Waals surface area contributed by atoms with Gasteiger partial charge >= 0.3 is 29.9 Å². The fourth-order valence-electron chi connectivity index (χ4n) is 0. The van der Waals surface area contributed by atoms with Crippen LogP contribution in [0.15, 0.2) is 0 Å². The molecule has 0 spiro atoms. The van der Waals surface area contributed by atoms with Crippen LogP contribution in [0.5, 0.6) is 0 Å². The van der Waals surface area contributed by atoms with E-state index in [2.05, 4.69) is 0 Å². The molecule has 0 aliphatic rings. The minimum Gasteiger partial charge on any atom is -0.356 e. The normalized spacial score (nSPS) is 5.71. The molecule has 0 aliphatic heterocycles. The van der Waals surface area contributed by atoms with Crippen molar-refractivity contribution in [2.75, 3.05) is 0 Å². The second-order valence-electron chi connectivity index (χ2n) is 1.12. The van der Waals surface area contributed by atoms with Gasteiger partial charge in [-0.1, -0.05) is 0 Å². The molecule has 0 aromatic heterocycles. The van der Waals surface area contributed by atoms with Gasteiger partial charge in [0, 0.05) is 0 Å². The topological polar surface area (TPSA) is 331 Å². The van der Waals surface area contributed by atoms with Crippen molar-refractivity contribution in [3.8, 4) is 0 Å². The molecule has 0 aliphatic carbocycles. The summed E-state index contributed by atoms with van der Waals surface area (Å²) in [6.45, 7) is 0. The fraction of sp³-hybridized carbons (Fsp3) is 0. The molecule has 0 saturated carbocycles. The van der Waals surface area contributed by atoms with Gasteiger partial charge in [-0.05, 0) is 0 Å². The molecule has 0 saturated heterocycles. The summed E-state index contributed by atoms with van der Waals surface area (Å²) in [5.41, 5.74) is 0. The molecule has 21 heteroatoms. The van der Waals surface area contributed by atoms with Gasteiger partial charge in [0.2, 0.25) is 0 Å². The zero-order valence-electron chi connectivity index (χ0n) is 8.81. The van der Waals surface area contributed by atoms with Crippen molar-refractivity contribution >= 4 is 0 Å². The second kappa shape index (κ2) is 30.2. The zero-order chi connectivity index (χ0) is 17.9. The summed E-state index contributed by atoms with van der Waals surface area (Å²) in [7, 11) is 0. The first-order valence-corrected chi connectivity index (χ1v) is 2.74. The predicted molar refractivity (Wildman–Crippen MR) is 51.8 cm³/mol. The van der Waals surface area contributed by atoms with E-state index in [0.29, 0.717) is 0 Å². The van der Waals surface area contributed by atoms with Crippen LogP contribution in [-0.4, -0.2) is 25.4 Å². The molecule has 0 N–H and O–H groups in total. The number of hydrogen-bond acceptors (Lipinski definition) is 15. The predicted octanol–water partition coefficient (Wildman–Crippen LogP) is -1.20. The van der Waals surface area contributed by atoms with Gasteiger partial charge in [-0.25, -0.2) is 0 Å². The van der Waals surface area contributed by atoms with Crippen LogP contribution in [0.3, 0.4) is 0 Å². The molecule has 0 aromatic carbocycles. The third-order valence-electron chi connectivity index (χ3n) is 0. The number of hydrogen-bond donors (Lipinski definition) is 0. The van der Waals surface area contributed by atoms with E-state index in [1.165, 1.54) is 0 Å². The van der Waals surface area contributed by atoms with E-state index in [1.807, 2.05) is 0 Å². The third kappa shape index (κ3) is 430. The fourth-order valence-corrected chi connectivity index (χ4v) is 0. The molecule has 0 radical (unpaired) electrons. The van der Waals surface area contributed by atoms with Crippen LogP contribution < -0.4 is 0 Å². The maximum atomic E-state index is 8.25. The van der Waals surface area contributed by atoms with E-state index < -0.39 is 25.4 Å². The summed E-state index contributed by atoms with van der Waals surface area (Å²) in [4.78, 5) is 41.2. The monoisotopic (exact) mass is 546 g/mol. The maximum absolute atomic E-state index is 8.25. The molecule has 0 aromatic rings. The van der Waals surface area contributed by atoms with Gasteiger partial charge < -0.3 is 76.6 Å². The molecule has 0 rings (SSSR count). The minimum absolute atomic E-state index is 0. The first-order valence-electron chi connectivity index (χ1n) is 2.74. The number of rotatable bonds is 0. The van der Waals surface area contributed by atoms with Crippen molar-refractivity contribution in [1.29, 1.82) is 0 Å². The molecule has 0 atom stereocenters. The van der Waals surface area contributed by atoms with Gasteiger partial charge in [0.15, 0.2) is 0 Å². The van der Waals surface area contributed by atoms with Gasteiger partial charge in [0.25, 0.3) is 0 Å². The Kier molecular flexibility index (Phi) is 52.0. The summed E-state index contributed by atoms with van der Waals surface area (Å²) in [5, 5.41) is 73.8. The third-order valence-corrected chi connectivity index (χ3v) is 0. The Balaban J connectivity index is -0.0000000331. The standard InChI is InChI=1S/5NO3.Np/c5*2-1(3)4;/q5*-1;+5. The van der Waals surface area contributed by atoms with Gasteiger partial charge in [0.1, 0.15) is 0 Å². The second-order valence-corrected chi connectivity index (χ2v) is 1.12. The van der Waals surface area contributed by atoms with E-state index in [0.717, 1.165) is 0 Å². The van der Waals surface area contributed by atoms with Crippen LogP contribution >= 0.6 is 0 Å². The summed E-state index contributed by atoms with van der Waals surface area (Å²) in [6.07, 6.45) is 0. The average molecular weight is 547 g/mol. The molecular formula is N5NpO15. The SMILES string of the molecule is O=[N+]([O-])[O-].O=[N+]([O-])[O-].O=[N+]([O-])[O-].O=[N+]([O-])[O-].O=[N+]([O-])[O-].[Np+5]. The van der Waals surface area contributed by atoms with Crippen molar-refractivity contribution in [2.24, 2.45) is 0 Å². The van der Waals surface area contributed by atoms with Crippen LogP contribution in [0.4, 0.5) is 0 Å². The molecule has 120 valence electrons. The van der Waals surface area contributed by atoms with Crippen LogP contribution in [0, 0.1) is 107 Å². The maximum Gasteiger partial charge on any atom is 5.00 e. The van der Waals surface area contributed by atoms with Crippen LogP contribution in [0.1, 0.15) is 0 Å². The van der Waals surface area contributed by atoms with Gasteiger partial charge in [-0.2, -0.15) is 0 Å². The Morgan fingerprint density at radius 1 is 0.333 bits per heavy atom. The number of nitrogens with zero attached hydrogens (tertiary/aromatic N) is 5. The summed E-state index contributed by atoms with van der Waals surface area (Å²) < 4.78 is 0. The Labute approximate surface area is 132 Å². The molecule has 21 heavy (non-hydrogen) atoms. The van der Waals surface area contributed by atoms with Crippen LogP contribution in [0.25, 0.3) is 0 Å². The van der Waals surface area contributed by atoms with Gasteiger partial charge in [-0.15, -0.1) is 0 Å². The Morgan fingerprint density at radius 2 is 0.333 bits per heavy atom. The first-order chi connectivity index (χ1) is 8.66. The van der Waals surface area contributed by atoms with E-state index in [-0.39, 0.29) is 29.9 Å². The van der Waals surface area contributed by atoms with E-state index in [4.69, 9.17) is 76.6 Å². The molecule has 0 amide bonds. The molecule has 0 unspecified atom stereocenters. The van der Waals surface area contributed by atoms with Crippen molar-refractivity contribution in [2.45, 2.75) is 0 Å². The summed E-state index contributed by atoms with van der Waals surface area (Å²) in [5.74, 6) is 0. The van der Waals surface area contributed by atoms with E-state index in [1.54, 1.807) is 0 Å². The zero-order valence-corrected chi connectivity index (χ0v) is 12.5. The largest absolute Gasteiger partial charge is 5.00 e. The summed E-state index contributed by atoms with van der Waals surface area (Å²) in [6, 6.07) is 0. The molecule has 0 fully saturated rings. The van der Waals surface area contributed by atoms with Gasteiger partial charge in [-0.3, -0.25) is 0 Å². The Morgan fingerprint density at radius 3 is 0.333 bits per heavy atom. The van der Waals surface area contributed by atoms with E-state index in [9.17, 15) is 0 Å². The average Bonchev–Trinajstić information content (AvgIpc) is 1.94.